The van der Waals surface area contributed by atoms with E-state index >= 15 is 0 Å². The molecule has 1 aliphatic carbocycles. The SMILES string of the molecule is CCCCN1CCN(c2cc(C(C)(C)O)ccc2C2CCC(C(C)(C)C)CC2)CC1.Cl. The summed E-state index contributed by atoms with van der Waals surface area (Å²) in [5.74, 6) is 1.50. The summed E-state index contributed by atoms with van der Waals surface area (Å²) < 4.78 is 0. The summed E-state index contributed by atoms with van der Waals surface area (Å²) in [5, 5.41) is 10.6. The van der Waals surface area contributed by atoms with Gasteiger partial charge in [-0.15, -0.1) is 12.4 Å². The van der Waals surface area contributed by atoms with E-state index in [1.807, 2.05) is 13.8 Å². The van der Waals surface area contributed by atoms with Crippen molar-refractivity contribution in [2.45, 2.75) is 91.6 Å². The molecular weight excluding hydrogens is 404 g/mol. The molecule has 1 heterocycles. The van der Waals surface area contributed by atoms with Gasteiger partial charge in [0.05, 0.1) is 5.60 Å². The molecule has 0 atom stereocenters. The van der Waals surface area contributed by atoms with Crippen LogP contribution in [0.2, 0.25) is 0 Å². The number of hydrogen-bond acceptors (Lipinski definition) is 3. The lowest BCUT2D eigenvalue weighted by molar-refractivity contribution is 0.0786. The molecule has 1 N–H and O–H groups in total. The van der Waals surface area contributed by atoms with Gasteiger partial charge < -0.3 is 10.0 Å². The predicted octanol–water partition coefficient (Wildman–Crippen LogP) is 6.58. The molecule has 0 spiro atoms. The second-order valence-electron chi connectivity index (χ2n) is 11.4. The van der Waals surface area contributed by atoms with Gasteiger partial charge in [-0.05, 0) is 86.9 Å². The van der Waals surface area contributed by atoms with E-state index in [2.05, 4.69) is 55.7 Å². The smallest absolute Gasteiger partial charge is 0.0841 e. The molecule has 3 nitrogen and oxygen atoms in total. The summed E-state index contributed by atoms with van der Waals surface area (Å²) in [6.45, 7) is 19.0. The highest BCUT2D eigenvalue weighted by Crippen LogP contribution is 2.45. The average molecular weight is 451 g/mol. The minimum absolute atomic E-state index is 0. The van der Waals surface area contributed by atoms with E-state index in [1.54, 1.807) is 0 Å². The van der Waals surface area contributed by atoms with E-state index in [9.17, 15) is 5.11 Å². The van der Waals surface area contributed by atoms with Gasteiger partial charge in [-0.3, -0.25) is 4.90 Å². The van der Waals surface area contributed by atoms with Gasteiger partial charge in [0.25, 0.3) is 0 Å². The van der Waals surface area contributed by atoms with Gasteiger partial charge in [-0.25, -0.2) is 0 Å². The fraction of sp³-hybridized carbons (Fsp3) is 0.778. The molecule has 1 aliphatic heterocycles. The molecule has 2 aliphatic rings. The average Bonchev–Trinajstić information content (AvgIpc) is 2.71. The van der Waals surface area contributed by atoms with Gasteiger partial charge in [-0.1, -0.05) is 46.2 Å². The van der Waals surface area contributed by atoms with Crippen LogP contribution < -0.4 is 4.90 Å². The van der Waals surface area contributed by atoms with Crippen molar-refractivity contribution in [3.05, 3.63) is 29.3 Å². The number of nitrogens with zero attached hydrogens (tertiary/aromatic N) is 2. The number of rotatable bonds is 6. The minimum atomic E-state index is -0.792. The molecule has 1 saturated heterocycles. The molecule has 0 bridgehead atoms. The van der Waals surface area contributed by atoms with Crippen molar-refractivity contribution in [1.29, 1.82) is 0 Å². The lowest BCUT2D eigenvalue weighted by atomic mass is 9.68. The van der Waals surface area contributed by atoms with Crippen LogP contribution in [0.1, 0.15) is 97.1 Å². The number of unbranched alkanes of at least 4 members (excludes halogenated alkanes) is 1. The van der Waals surface area contributed by atoms with Crippen LogP contribution in [0.3, 0.4) is 0 Å². The molecular formula is C27H47ClN2O. The molecule has 2 fully saturated rings. The van der Waals surface area contributed by atoms with E-state index < -0.39 is 5.60 Å². The molecule has 4 heteroatoms. The Morgan fingerprint density at radius 3 is 2.06 bits per heavy atom. The first-order valence-electron chi connectivity index (χ1n) is 12.4. The van der Waals surface area contributed by atoms with Crippen molar-refractivity contribution in [2.75, 3.05) is 37.6 Å². The standard InChI is InChI=1S/C27H46N2O.ClH/c1-7-8-15-28-16-18-29(19-17-28)25-20-23(27(5,6)30)13-14-24(25)21-9-11-22(12-10-21)26(2,3)4;/h13-14,20-22,30H,7-12,15-19H2,1-6H3;1H. The molecule has 0 amide bonds. The number of hydrogen-bond donors (Lipinski definition) is 1. The summed E-state index contributed by atoms with van der Waals surface area (Å²) in [6, 6.07) is 6.81. The summed E-state index contributed by atoms with van der Waals surface area (Å²) in [4.78, 5) is 5.22. The summed E-state index contributed by atoms with van der Waals surface area (Å²) in [7, 11) is 0. The molecule has 0 aromatic heterocycles. The van der Waals surface area contributed by atoms with E-state index in [1.165, 1.54) is 56.3 Å². The van der Waals surface area contributed by atoms with Crippen molar-refractivity contribution in [3.63, 3.8) is 0 Å². The van der Waals surface area contributed by atoms with E-state index in [0.29, 0.717) is 11.3 Å². The summed E-state index contributed by atoms with van der Waals surface area (Å²) in [5.41, 5.74) is 3.59. The number of halogens is 1. The first kappa shape index (κ1) is 26.5. The Balaban J connectivity index is 0.00000341. The maximum absolute atomic E-state index is 10.6. The number of benzene rings is 1. The zero-order valence-electron chi connectivity index (χ0n) is 20.9. The van der Waals surface area contributed by atoms with Crippen LogP contribution in [0.5, 0.6) is 0 Å². The third-order valence-corrected chi connectivity index (χ3v) is 7.67. The predicted molar refractivity (Wildman–Crippen MR) is 137 cm³/mol. The molecule has 0 radical (unpaired) electrons. The van der Waals surface area contributed by atoms with Gasteiger partial charge in [0.2, 0.25) is 0 Å². The second kappa shape index (κ2) is 10.9. The van der Waals surface area contributed by atoms with Gasteiger partial charge in [-0.2, -0.15) is 0 Å². The van der Waals surface area contributed by atoms with Crippen LogP contribution in [-0.4, -0.2) is 42.7 Å². The molecule has 1 saturated carbocycles. The zero-order valence-corrected chi connectivity index (χ0v) is 21.7. The van der Waals surface area contributed by atoms with Crippen molar-refractivity contribution in [1.82, 2.24) is 4.90 Å². The zero-order chi connectivity index (χ0) is 21.9. The lowest BCUT2D eigenvalue weighted by Crippen LogP contribution is -2.47. The van der Waals surface area contributed by atoms with Crippen molar-refractivity contribution in [2.24, 2.45) is 11.3 Å². The highest BCUT2D eigenvalue weighted by atomic mass is 35.5. The first-order chi connectivity index (χ1) is 14.1. The van der Waals surface area contributed by atoms with Gasteiger partial charge in [0, 0.05) is 31.9 Å². The minimum Gasteiger partial charge on any atom is -0.386 e. The highest BCUT2D eigenvalue weighted by Gasteiger charge is 2.32. The Kier molecular flexibility index (Phi) is 9.31. The molecule has 3 rings (SSSR count). The highest BCUT2D eigenvalue weighted by molar-refractivity contribution is 5.85. The lowest BCUT2D eigenvalue weighted by Gasteiger charge is -2.41. The van der Waals surface area contributed by atoms with Gasteiger partial charge in [0.1, 0.15) is 0 Å². The monoisotopic (exact) mass is 450 g/mol. The van der Waals surface area contributed by atoms with Crippen molar-refractivity contribution >= 4 is 18.1 Å². The van der Waals surface area contributed by atoms with Gasteiger partial charge >= 0.3 is 0 Å². The molecule has 31 heavy (non-hydrogen) atoms. The molecule has 1 aromatic carbocycles. The molecule has 178 valence electrons. The first-order valence-corrected chi connectivity index (χ1v) is 12.4. The van der Waals surface area contributed by atoms with E-state index in [-0.39, 0.29) is 12.4 Å². The normalized spacial score (nSPS) is 23.5. The van der Waals surface area contributed by atoms with E-state index in [4.69, 9.17) is 0 Å². The van der Waals surface area contributed by atoms with Crippen LogP contribution in [0.15, 0.2) is 18.2 Å². The topological polar surface area (TPSA) is 26.7 Å². The molecule has 1 aromatic rings. The van der Waals surface area contributed by atoms with Gasteiger partial charge in [0.15, 0.2) is 0 Å². The largest absolute Gasteiger partial charge is 0.386 e. The summed E-state index contributed by atoms with van der Waals surface area (Å²) >= 11 is 0. The van der Waals surface area contributed by atoms with Crippen molar-refractivity contribution < 1.29 is 5.11 Å². The molecule has 0 unspecified atom stereocenters. The van der Waals surface area contributed by atoms with Crippen LogP contribution in [0, 0.1) is 11.3 Å². The quantitative estimate of drug-likeness (QED) is 0.530. The third kappa shape index (κ3) is 6.85. The Morgan fingerprint density at radius 2 is 1.55 bits per heavy atom. The second-order valence-corrected chi connectivity index (χ2v) is 11.4. The van der Waals surface area contributed by atoms with Crippen LogP contribution in [-0.2, 0) is 5.60 Å². The fourth-order valence-corrected chi connectivity index (χ4v) is 5.41. The fourth-order valence-electron chi connectivity index (χ4n) is 5.41. The number of piperazine rings is 1. The van der Waals surface area contributed by atoms with Crippen molar-refractivity contribution in [3.8, 4) is 0 Å². The number of anilines is 1. The Morgan fingerprint density at radius 1 is 0.935 bits per heavy atom. The third-order valence-electron chi connectivity index (χ3n) is 7.67. The van der Waals surface area contributed by atoms with E-state index in [0.717, 1.165) is 37.7 Å². The number of aliphatic hydroxyl groups is 1. The van der Waals surface area contributed by atoms with Crippen LogP contribution >= 0.6 is 12.4 Å². The Labute approximate surface area is 198 Å². The van der Waals surface area contributed by atoms with Crippen LogP contribution in [0.25, 0.3) is 0 Å². The van der Waals surface area contributed by atoms with Crippen LogP contribution in [0.4, 0.5) is 5.69 Å². The maximum Gasteiger partial charge on any atom is 0.0841 e. The Hall–Kier alpha value is -0.770. The summed E-state index contributed by atoms with van der Waals surface area (Å²) in [6.07, 6.45) is 7.85. The Bertz CT molecular complexity index is 675. The maximum atomic E-state index is 10.6.